The van der Waals surface area contributed by atoms with Gasteiger partial charge in [-0.3, -0.25) is 9.69 Å². The van der Waals surface area contributed by atoms with E-state index in [0.717, 1.165) is 5.56 Å². The molecule has 1 saturated heterocycles. The minimum absolute atomic E-state index is 0.109. The van der Waals surface area contributed by atoms with Crippen LogP contribution in [0.4, 0.5) is 10.5 Å². The van der Waals surface area contributed by atoms with Gasteiger partial charge >= 0.3 is 6.09 Å². The summed E-state index contributed by atoms with van der Waals surface area (Å²) in [7, 11) is -2.01. The first-order chi connectivity index (χ1) is 19.1. The number of rotatable bonds is 7. The van der Waals surface area contributed by atoms with E-state index in [9.17, 15) is 18.0 Å². The van der Waals surface area contributed by atoms with Crippen LogP contribution in [0.1, 0.15) is 52.7 Å². The van der Waals surface area contributed by atoms with E-state index in [0.29, 0.717) is 37.5 Å². The van der Waals surface area contributed by atoms with Crippen LogP contribution in [0.2, 0.25) is 0 Å². The zero-order valence-corrected chi connectivity index (χ0v) is 26.0. The first-order valence-corrected chi connectivity index (χ1v) is 15.7. The Bertz CT molecular complexity index is 1370. The fourth-order valence-electron chi connectivity index (χ4n) is 5.65. The Morgan fingerprint density at radius 1 is 1.05 bits per heavy atom. The Morgan fingerprint density at radius 2 is 1.73 bits per heavy atom. The minimum Gasteiger partial charge on any atom is -0.444 e. The maximum absolute atomic E-state index is 13.9. The van der Waals surface area contributed by atoms with E-state index in [1.807, 2.05) is 52.0 Å². The van der Waals surface area contributed by atoms with Crippen molar-refractivity contribution in [2.45, 2.75) is 75.3 Å². The molecule has 0 spiro atoms. The highest BCUT2D eigenvalue weighted by Gasteiger charge is 2.41. The zero-order valence-electron chi connectivity index (χ0n) is 25.2. The third-order valence-electron chi connectivity index (χ3n) is 7.68. The van der Waals surface area contributed by atoms with Crippen molar-refractivity contribution in [3.63, 3.8) is 0 Å². The number of carbonyl (C=O) groups excluding carboxylic acids is 2. The van der Waals surface area contributed by atoms with Crippen LogP contribution in [-0.2, 0) is 35.3 Å². The van der Waals surface area contributed by atoms with Crippen LogP contribution in [0.3, 0.4) is 0 Å². The number of nitrogens with zero attached hydrogens (tertiary/aromatic N) is 3. The van der Waals surface area contributed by atoms with E-state index in [1.165, 1.54) is 0 Å². The number of sulfone groups is 1. The highest BCUT2D eigenvalue weighted by molar-refractivity contribution is 7.90. The second-order valence-electron chi connectivity index (χ2n) is 12.8. The summed E-state index contributed by atoms with van der Waals surface area (Å²) >= 11 is 0. The van der Waals surface area contributed by atoms with Gasteiger partial charge in [-0.1, -0.05) is 50.2 Å². The molecule has 1 fully saturated rings. The third-order valence-corrected chi connectivity index (χ3v) is 9.37. The van der Waals surface area contributed by atoms with E-state index in [2.05, 4.69) is 18.7 Å². The lowest BCUT2D eigenvalue weighted by Gasteiger charge is -2.45. The van der Waals surface area contributed by atoms with Gasteiger partial charge in [0.1, 0.15) is 5.60 Å². The highest BCUT2D eigenvalue weighted by Crippen LogP contribution is 2.42. The molecule has 0 aliphatic carbocycles. The van der Waals surface area contributed by atoms with E-state index >= 15 is 0 Å². The number of carbonyl (C=O) groups is 2. The summed E-state index contributed by atoms with van der Waals surface area (Å²) in [4.78, 5) is 32.4. The maximum atomic E-state index is 13.9. The molecular formula is C31H43N3O6S. The smallest absolute Gasteiger partial charge is 0.410 e. The standard InChI is InChI=1S/C31H43N3O6S/c1-22-16-32(24(19-39-7)17-33(22)29(36)40-30(2,3)4)18-28(35)34-21-31(5,6)26-14-13-25(15-27(26)34)41(37,38)20-23-11-9-8-10-12-23/h8-15,22,24H,16-21H2,1-7H3/t22-,24-/m1/s1. The molecule has 0 unspecified atom stereocenters. The maximum Gasteiger partial charge on any atom is 0.410 e. The van der Waals surface area contributed by atoms with Crippen LogP contribution in [0.25, 0.3) is 0 Å². The van der Waals surface area contributed by atoms with Crippen molar-refractivity contribution in [3.05, 3.63) is 59.7 Å². The molecule has 4 rings (SSSR count). The second-order valence-corrected chi connectivity index (χ2v) is 14.8. The van der Waals surface area contributed by atoms with E-state index in [-0.39, 0.29) is 46.7 Å². The molecule has 10 heteroatoms. The summed E-state index contributed by atoms with van der Waals surface area (Å²) in [6.07, 6.45) is -0.378. The molecule has 2 amide bonds. The summed E-state index contributed by atoms with van der Waals surface area (Å²) in [5.41, 5.74) is 1.36. The molecule has 0 aromatic heterocycles. The first-order valence-electron chi connectivity index (χ1n) is 14.1. The van der Waals surface area contributed by atoms with Gasteiger partial charge in [0.2, 0.25) is 5.91 Å². The molecule has 0 N–H and O–H groups in total. The Hall–Kier alpha value is -2.95. The van der Waals surface area contributed by atoms with Crippen LogP contribution >= 0.6 is 0 Å². The number of anilines is 1. The van der Waals surface area contributed by atoms with Crippen LogP contribution in [0.5, 0.6) is 0 Å². The lowest BCUT2D eigenvalue weighted by molar-refractivity contribution is -0.121. The number of fused-ring (bicyclic) bond motifs is 1. The van der Waals surface area contributed by atoms with Crippen LogP contribution in [0, 0.1) is 0 Å². The summed E-state index contributed by atoms with van der Waals surface area (Å²) in [5, 5.41) is 0. The van der Waals surface area contributed by atoms with E-state index in [1.54, 1.807) is 41.2 Å². The van der Waals surface area contributed by atoms with Crippen molar-refractivity contribution >= 4 is 27.5 Å². The Morgan fingerprint density at radius 3 is 2.37 bits per heavy atom. The van der Waals surface area contributed by atoms with Gasteiger partial charge in [0, 0.05) is 43.9 Å². The topological polar surface area (TPSA) is 96.5 Å². The molecule has 41 heavy (non-hydrogen) atoms. The third kappa shape index (κ3) is 7.10. The number of amides is 2. The Labute approximate surface area is 244 Å². The van der Waals surface area contributed by atoms with Gasteiger partial charge in [-0.2, -0.15) is 0 Å². The average molecular weight is 586 g/mol. The fourth-order valence-corrected chi connectivity index (χ4v) is 7.02. The zero-order chi connectivity index (χ0) is 30.2. The summed E-state index contributed by atoms with van der Waals surface area (Å²) in [5.74, 6) is -0.226. The first kappa shape index (κ1) is 31.0. The number of ether oxygens (including phenoxy) is 2. The lowest BCUT2D eigenvalue weighted by Crippen LogP contribution is -2.62. The normalized spacial score (nSPS) is 21.0. The van der Waals surface area contributed by atoms with Gasteiger partial charge in [0.15, 0.2) is 9.84 Å². The van der Waals surface area contributed by atoms with Crippen molar-refractivity contribution in [2.75, 3.05) is 44.8 Å². The van der Waals surface area contributed by atoms with Gasteiger partial charge < -0.3 is 19.3 Å². The summed E-state index contributed by atoms with van der Waals surface area (Å²) < 4.78 is 37.7. The van der Waals surface area contributed by atoms with Crippen molar-refractivity contribution in [3.8, 4) is 0 Å². The predicted molar refractivity (Wildman–Crippen MR) is 159 cm³/mol. The minimum atomic E-state index is -3.61. The average Bonchev–Trinajstić information content (AvgIpc) is 3.15. The fraction of sp³-hybridized carbons (Fsp3) is 0.548. The van der Waals surface area contributed by atoms with Crippen molar-refractivity contribution in [2.24, 2.45) is 0 Å². The van der Waals surface area contributed by atoms with E-state index in [4.69, 9.17) is 9.47 Å². The highest BCUT2D eigenvalue weighted by atomic mass is 32.2. The van der Waals surface area contributed by atoms with Gasteiger partial charge in [-0.15, -0.1) is 0 Å². The van der Waals surface area contributed by atoms with Crippen LogP contribution < -0.4 is 4.90 Å². The van der Waals surface area contributed by atoms with E-state index < -0.39 is 15.4 Å². The molecule has 0 radical (unpaired) electrons. The SMILES string of the molecule is COC[C@H]1CN(C(=O)OC(C)(C)C)[C@H](C)CN1CC(=O)N1CC(C)(C)c2ccc(S(=O)(=O)Cc3ccccc3)cc21. The van der Waals surface area contributed by atoms with Crippen molar-refractivity contribution in [1.29, 1.82) is 0 Å². The molecule has 2 aromatic rings. The molecule has 2 heterocycles. The molecule has 2 atom stereocenters. The molecule has 9 nitrogen and oxygen atoms in total. The Kier molecular flexibility index (Phi) is 8.87. The predicted octanol–water partition coefficient (Wildman–Crippen LogP) is 4.24. The monoisotopic (exact) mass is 585 g/mol. The van der Waals surface area contributed by atoms with Crippen molar-refractivity contribution in [1.82, 2.24) is 9.80 Å². The van der Waals surface area contributed by atoms with Crippen LogP contribution in [-0.4, -0.2) is 87.8 Å². The molecule has 2 aliphatic heterocycles. The molecule has 0 saturated carbocycles. The number of benzene rings is 2. The largest absolute Gasteiger partial charge is 0.444 e. The molecule has 224 valence electrons. The second kappa shape index (κ2) is 11.7. The van der Waals surface area contributed by atoms with Gasteiger partial charge in [-0.05, 0) is 51.0 Å². The number of hydrogen-bond donors (Lipinski definition) is 0. The molecule has 0 bridgehead atoms. The summed E-state index contributed by atoms with van der Waals surface area (Å²) in [6.45, 7) is 13.4. The van der Waals surface area contributed by atoms with Crippen molar-refractivity contribution < 1.29 is 27.5 Å². The van der Waals surface area contributed by atoms with Gasteiger partial charge in [0.05, 0.1) is 29.8 Å². The Balaban J connectivity index is 1.55. The van der Waals surface area contributed by atoms with Crippen LogP contribution in [0.15, 0.2) is 53.4 Å². The van der Waals surface area contributed by atoms with Gasteiger partial charge in [-0.25, -0.2) is 13.2 Å². The number of piperazine rings is 1. The van der Waals surface area contributed by atoms with Gasteiger partial charge in [0.25, 0.3) is 0 Å². The number of hydrogen-bond acceptors (Lipinski definition) is 7. The summed E-state index contributed by atoms with van der Waals surface area (Å²) in [6, 6.07) is 13.9. The number of methoxy groups -OCH3 is 1. The quantitative estimate of drug-likeness (QED) is 0.480. The lowest BCUT2D eigenvalue weighted by atomic mass is 9.87. The molecular weight excluding hydrogens is 542 g/mol. The molecule has 2 aromatic carbocycles. The molecule has 2 aliphatic rings.